The number of likely N-dealkylation sites (tertiary alicyclic amines) is 1. The number of anilines is 2. The van der Waals surface area contributed by atoms with Crippen LogP contribution >= 0.6 is 11.3 Å². The summed E-state index contributed by atoms with van der Waals surface area (Å²) in [6.07, 6.45) is 16.0. The Morgan fingerprint density at radius 3 is 2.97 bits per heavy atom. The molecular weight excluding hydrogens is 430 g/mol. The molecule has 1 amide bonds. The third-order valence-electron chi connectivity index (χ3n) is 6.72. The molecule has 1 atom stereocenters. The van der Waals surface area contributed by atoms with Gasteiger partial charge in [-0.3, -0.25) is 9.69 Å². The van der Waals surface area contributed by atoms with Crippen molar-refractivity contribution in [1.82, 2.24) is 20.2 Å². The Balaban J connectivity index is 1.26. The predicted octanol–water partition coefficient (Wildman–Crippen LogP) is 5.42. The number of piperidine rings is 1. The lowest BCUT2D eigenvalue weighted by atomic mass is 9.96. The lowest BCUT2D eigenvalue weighted by Gasteiger charge is -2.33. The smallest absolute Gasteiger partial charge is 0.270 e. The first-order valence-electron chi connectivity index (χ1n) is 12.5. The molecule has 1 unspecified atom stereocenters. The fraction of sp³-hybridized carbons (Fsp3) is 0.577. The van der Waals surface area contributed by atoms with Crippen LogP contribution in [0.15, 0.2) is 41.4 Å². The minimum Gasteiger partial charge on any atom is -0.350 e. The molecule has 6 nitrogen and oxygen atoms in total. The van der Waals surface area contributed by atoms with Crippen LogP contribution in [0.4, 0.5) is 10.9 Å². The maximum Gasteiger partial charge on any atom is 0.270 e. The van der Waals surface area contributed by atoms with Crippen molar-refractivity contribution in [3.63, 3.8) is 0 Å². The number of pyridine rings is 1. The van der Waals surface area contributed by atoms with E-state index in [0.717, 1.165) is 30.6 Å². The van der Waals surface area contributed by atoms with Crippen molar-refractivity contribution < 1.29 is 4.79 Å². The van der Waals surface area contributed by atoms with Crippen molar-refractivity contribution in [2.75, 3.05) is 38.1 Å². The molecule has 3 heterocycles. The highest BCUT2D eigenvalue weighted by molar-refractivity contribution is 7.14. The van der Waals surface area contributed by atoms with Gasteiger partial charge in [0.15, 0.2) is 5.13 Å². The van der Waals surface area contributed by atoms with Gasteiger partial charge in [0.1, 0.15) is 11.5 Å². The quantitative estimate of drug-likeness (QED) is 0.551. The molecule has 0 bridgehead atoms. The molecule has 178 valence electrons. The molecular formula is C26H37N5OS. The number of hydrogen-bond donors (Lipinski definition) is 1. The number of hydrogen-bond acceptors (Lipinski definition) is 6. The van der Waals surface area contributed by atoms with Crippen LogP contribution in [-0.4, -0.2) is 54.0 Å². The van der Waals surface area contributed by atoms with E-state index >= 15 is 0 Å². The van der Waals surface area contributed by atoms with E-state index in [1.165, 1.54) is 75.7 Å². The highest BCUT2D eigenvalue weighted by atomic mass is 32.1. The molecule has 7 heteroatoms. The molecule has 1 saturated heterocycles. The number of amides is 1. The lowest BCUT2D eigenvalue weighted by Crippen LogP contribution is -2.41. The van der Waals surface area contributed by atoms with E-state index in [4.69, 9.17) is 0 Å². The highest BCUT2D eigenvalue weighted by Gasteiger charge is 2.22. The van der Waals surface area contributed by atoms with Crippen LogP contribution < -0.4 is 10.2 Å². The van der Waals surface area contributed by atoms with Gasteiger partial charge in [-0.25, -0.2) is 9.97 Å². The van der Waals surface area contributed by atoms with E-state index in [9.17, 15) is 4.79 Å². The minimum atomic E-state index is -0.0805. The Hall–Kier alpha value is -2.25. The number of aromatic nitrogens is 2. The van der Waals surface area contributed by atoms with Crippen molar-refractivity contribution in [3.05, 3.63) is 47.1 Å². The summed E-state index contributed by atoms with van der Waals surface area (Å²) in [5.74, 6) is 1.24. The minimum absolute atomic E-state index is 0.0805. The third-order valence-corrected chi connectivity index (χ3v) is 7.64. The summed E-state index contributed by atoms with van der Waals surface area (Å²) in [5.41, 5.74) is 2.12. The molecule has 4 rings (SSSR count). The number of rotatable bonds is 7. The fourth-order valence-electron chi connectivity index (χ4n) is 4.83. The molecule has 2 aromatic rings. The topological polar surface area (TPSA) is 61.4 Å². The van der Waals surface area contributed by atoms with E-state index in [1.54, 1.807) is 11.8 Å². The monoisotopic (exact) mass is 467 g/mol. The van der Waals surface area contributed by atoms with Crippen LogP contribution in [0, 0.1) is 5.92 Å². The van der Waals surface area contributed by atoms with Crippen molar-refractivity contribution in [3.8, 4) is 0 Å². The number of nitrogens with zero attached hydrogens (tertiary/aromatic N) is 4. The van der Waals surface area contributed by atoms with Gasteiger partial charge in [-0.2, -0.15) is 0 Å². The van der Waals surface area contributed by atoms with Crippen LogP contribution in [0.1, 0.15) is 68.3 Å². The molecule has 0 radical (unpaired) electrons. The first-order chi connectivity index (χ1) is 16.2. The molecule has 1 aliphatic heterocycles. The third kappa shape index (κ3) is 7.11. The van der Waals surface area contributed by atoms with Crippen LogP contribution in [0.25, 0.3) is 0 Å². The van der Waals surface area contributed by atoms with Gasteiger partial charge in [-0.15, -0.1) is 11.3 Å². The summed E-state index contributed by atoms with van der Waals surface area (Å²) in [7, 11) is 1.92. The number of nitrogens with one attached hydrogen (secondary N) is 1. The highest BCUT2D eigenvalue weighted by Crippen LogP contribution is 2.25. The van der Waals surface area contributed by atoms with Crippen molar-refractivity contribution >= 4 is 28.2 Å². The predicted molar refractivity (Wildman–Crippen MR) is 136 cm³/mol. The Kier molecular flexibility index (Phi) is 8.89. The molecule has 0 saturated carbocycles. The zero-order chi connectivity index (χ0) is 22.9. The summed E-state index contributed by atoms with van der Waals surface area (Å²) in [6, 6.07) is 5.77. The van der Waals surface area contributed by atoms with Crippen molar-refractivity contribution in [2.24, 2.45) is 5.92 Å². The van der Waals surface area contributed by atoms with E-state index < -0.39 is 0 Å². The first-order valence-corrected chi connectivity index (χ1v) is 13.4. The van der Waals surface area contributed by atoms with E-state index in [1.807, 2.05) is 35.5 Å². The first kappa shape index (κ1) is 23.9. The van der Waals surface area contributed by atoms with Gasteiger partial charge in [-0.05, 0) is 63.1 Å². The molecule has 2 aromatic heterocycles. The number of thiazole rings is 1. The molecule has 0 spiro atoms. The summed E-state index contributed by atoms with van der Waals surface area (Å²) >= 11 is 1.47. The van der Waals surface area contributed by atoms with Crippen LogP contribution in [0.5, 0.6) is 0 Å². The Morgan fingerprint density at radius 2 is 2.09 bits per heavy atom. The van der Waals surface area contributed by atoms with E-state index in [0.29, 0.717) is 11.6 Å². The molecule has 1 aliphatic carbocycles. The summed E-state index contributed by atoms with van der Waals surface area (Å²) in [6.45, 7) is 4.08. The number of carbonyl (C=O) groups is 1. The number of allylic oxidation sites excluding steroid dienone is 1. The largest absolute Gasteiger partial charge is 0.350 e. The Bertz CT molecular complexity index is 912. The molecule has 33 heavy (non-hydrogen) atoms. The average molecular weight is 468 g/mol. The SMILES string of the molecule is CN(c1ccccn1)c1nc(C(=O)NCC2CCCN(C/C3=C/CCCCCCC3)C2)cs1. The second-order valence-corrected chi connectivity index (χ2v) is 10.2. The zero-order valence-corrected chi connectivity index (χ0v) is 20.7. The maximum atomic E-state index is 12.7. The van der Waals surface area contributed by atoms with Crippen molar-refractivity contribution in [2.45, 2.75) is 57.8 Å². The van der Waals surface area contributed by atoms with Gasteiger partial charge in [0.2, 0.25) is 0 Å². The van der Waals surface area contributed by atoms with Gasteiger partial charge >= 0.3 is 0 Å². The van der Waals surface area contributed by atoms with Gasteiger partial charge in [0.05, 0.1) is 0 Å². The summed E-state index contributed by atoms with van der Waals surface area (Å²) in [5, 5.41) is 5.74. The average Bonchev–Trinajstić information content (AvgIpc) is 3.38. The summed E-state index contributed by atoms with van der Waals surface area (Å²) < 4.78 is 0. The van der Waals surface area contributed by atoms with Gasteiger partial charge < -0.3 is 10.2 Å². The molecule has 0 aromatic carbocycles. The maximum absolute atomic E-state index is 12.7. The van der Waals surface area contributed by atoms with Gasteiger partial charge in [0, 0.05) is 38.3 Å². The van der Waals surface area contributed by atoms with Gasteiger partial charge in [0.25, 0.3) is 5.91 Å². The Labute approximate surface area is 202 Å². The van der Waals surface area contributed by atoms with Crippen molar-refractivity contribution in [1.29, 1.82) is 0 Å². The van der Waals surface area contributed by atoms with Gasteiger partial charge in [-0.1, -0.05) is 37.0 Å². The Morgan fingerprint density at radius 1 is 1.21 bits per heavy atom. The lowest BCUT2D eigenvalue weighted by molar-refractivity contribution is 0.0930. The molecule has 2 aliphatic rings. The van der Waals surface area contributed by atoms with E-state index in [-0.39, 0.29) is 5.91 Å². The normalized spacial score (nSPS) is 21.8. The number of carbonyl (C=O) groups excluding carboxylic acids is 1. The van der Waals surface area contributed by atoms with Crippen LogP contribution in [0.2, 0.25) is 0 Å². The van der Waals surface area contributed by atoms with Crippen LogP contribution in [0.3, 0.4) is 0 Å². The standard InChI is InChI=1S/C26H37N5OS/c1-30(24-14-8-9-15-27-24)26-29-23(20-33-26)25(32)28-17-22-13-10-16-31(19-22)18-21-11-6-4-2-3-5-7-12-21/h8-9,11,14-15,20,22H,2-7,10,12-13,16-19H2,1H3,(H,28,32)/b21-11+. The van der Waals surface area contributed by atoms with Crippen LogP contribution in [-0.2, 0) is 0 Å². The second kappa shape index (κ2) is 12.3. The second-order valence-electron chi connectivity index (χ2n) is 9.38. The summed E-state index contributed by atoms with van der Waals surface area (Å²) in [4.78, 5) is 26.1. The fourth-order valence-corrected chi connectivity index (χ4v) is 5.61. The molecule has 1 fully saturated rings. The van der Waals surface area contributed by atoms with E-state index in [2.05, 4.69) is 26.3 Å². The zero-order valence-electron chi connectivity index (χ0n) is 19.8. The molecule has 1 N–H and O–H groups in total.